The molecule has 1 aromatic heterocycles. The van der Waals surface area contributed by atoms with E-state index < -0.39 is 15.6 Å². The maximum atomic E-state index is 12.3. The minimum Gasteiger partial charge on any atom is -0.497 e. The molecule has 3 rings (SSSR count). The molecule has 0 aliphatic carbocycles. The van der Waals surface area contributed by atoms with Crippen molar-refractivity contribution >= 4 is 26.9 Å². The highest BCUT2D eigenvalue weighted by Gasteiger charge is 2.17. The highest BCUT2D eigenvalue weighted by molar-refractivity contribution is 7.92. The van der Waals surface area contributed by atoms with Crippen LogP contribution >= 0.6 is 0 Å². The standard InChI is InChI=1S/C15H12N2O5S/c1-21-10-6-8-11(9-7-10)23(19,20)17-15-16-13-5-3-2-4-12(13)14(18)22-15/h2-9H,1H3,(H,16,17). The van der Waals surface area contributed by atoms with Gasteiger partial charge in [0.25, 0.3) is 10.0 Å². The molecule has 3 aromatic rings. The number of fused-ring (bicyclic) bond motifs is 1. The van der Waals surface area contributed by atoms with Crippen LogP contribution in [0.5, 0.6) is 5.75 Å². The maximum absolute atomic E-state index is 12.3. The fraction of sp³-hybridized carbons (Fsp3) is 0.0667. The molecule has 0 spiro atoms. The Morgan fingerprint density at radius 3 is 2.48 bits per heavy atom. The first-order chi connectivity index (χ1) is 11.0. The number of benzene rings is 2. The van der Waals surface area contributed by atoms with Crippen molar-refractivity contribution < 1.29 is 17.6 Å². The molecule has 1 heterocycles. The number of hydrogen-bond donors (Lipinski definition) is 1. The van der Waals surface area contributed by atoms with E-state index in [9.17, 15) is 13.2 Å². The zero-order valence-electron chi connectivity index (χ0n) is 12.0. The Kier molecular flexibility index (Phi) is 3.75. The number of rotatable bonds is 4. The van der Waals surface area contributed by atoms with Crippen LogP contribution in [0.3, 0.4) is 0 Å². The minimum absolute atomic E-state index is 0.00379. The number of nitrogens with zero attached hydrogens (tertiary/aromatic N) is 1. The zero-order chi connectivity index (χ0) is 16.4. The van der Waals surface area contributed by atoms with Gasteiger partial charge in [-0.3, -0.25) is 0 Å². The second kappa shape index (κ2) is 5.73. The van der Waals surface area contributed by atoms with Crippen LogP contribution < -0.4 is 15.1 Å². The Hall–Kier alpha value is -2.87. The molecule has 1 N–H and O–H groups in total. The number of ether oxygens (including phenoxy) is 1. The Morgan fingerprint density at radius 1 is 1.09 bits per heavy atom. The predicted octanol–water partition coefficient (Wildman–Crippen LogP) is 2.00. The number of aromatic nitrogens is 1. The van der Waals surface area contributed by atoms with E-state index in [1.807, 2.05) is 0 Å². The summed E-state index contributed by atoms with van der Waals surface area (Å²) in [4.78, 5) is 15.8. The third-order valence-electron chi connectivity index (χ3n) is 3.13. The van der Waals surface area contributed by atoms with Gasteiger partial charge in [-0.2, -0.15) is 4.98 Å². The number of para-hydroxylation sites is 1. The van der Waals surface area contributed by atoms with E-state index in [1.165, 1.54) is 31.4 Å². The summed E-state index contributed by atoms with van der Waals surface area (Å²) in [6, 6.07) is 11.9. The Labute approximate surface area is 131 Å². The lowest BCUT2D eigenvalue weighted by molar-refractivity contribution is 0.414. The molecule has 0 aliphatic heterocycles. The lowest BCUT2D eigenvalue weighted by Crippen LogP contribution is -2.16. The fourth-order valence-corrected chi connectivity index (χ4v) is 2.92. The van der Waals surface area contributed by atoms with Crippen LogP contribution in [0.4, 0.5) is 6.01 Å². The molecule has 0 saturated heterocycles. The van der Waals surface area contributed by atoms with E-state index in [0.29, 0.717) is 11.3 Å². The third kappa shape index (κ3) is 3.02. The monoisotopic (exact) mass is 332 g/mol. The van der Waals surface area contributed by atoms with Crippen LogP contribution in [-0.4, -0.2) is 20.5 Å². The third-order valence-corrected chi connectivity index (χ3v) is 4.46. The van der Waals surface area contributed by atoms with Gasteiger partial charge in [-0.05, 0) is 36.4 Å². The molecule has 118 valence electrons. The molecule has 0 amide bonds. The summed E-state index contributed by atoms with van der Waals surface area (Å²) in [5, 5.41) is 0.278. The second-order valence-corrected chi connectivity index (χ2v) is 6.29. The molecular weight excluding hydrogens is 320 g/mol. The van der Waals surface area contributed by atoms with E-state index in [0.717, 1.165) is 0 Å². The van der Waals surface area contributed by atoms with Gasteiger partial charge in [0, 0.05) is 0 Å². The van der Waals surface area contributed by atoms with Crippen molar-refractivity contribution in [2.45, 2.75) is 4.90 Å². The summed E-state index contributed by atoms with van der Waals surface area (Å²) < 4.78 is 36.6. The normalized spacial score (nSPS) is 11.3. The molecule has 0 saturated carbocycles. The molecule has 0 radical (unpaired) electrons. The van der Waals surface area contributed by atoms with Crippen molar-refractivity contribution in [3.05, 3.63) is 59.0 Å². The van der Waals surface area contributed by atoms with Crippen LogP contribution in [0.2, 0.25) is 0 Å². The van der Waals surface area contributed by atoms with Gasteiger partial charge >= 0.3 is 11.6 Å². The van der Waals surface area contributed by atoms with Crippen LogP contribution in [0.25, 0.3) is 10.9 Å². The van der Waals surface area contributed by atoms with Crippen LogP contribution in [0.15, 0.2) is 62.6 Å². The van der Waals surface area contributed by atoms with E-state index in [-0.39, 0.29) is 16.3 Å². The molecule has 23 heavy (non-hydrogen) atoms. The molecule has 0 atom stereocenters. The molecule has 0 fully saturated rings. The maximum Gasteiger partial charge on any atom is 0.348 e. The van der Waals surface area contributed by atoms with Gasteiger partial charge in [-0.25, -0.2) is 17.9 Å². The number of sulfonamides is 1. The molecule has 0 bridgehead atoms. The average molecular weight is 332 g/mol. The van der Waals surface area contributed by atoms with Crippen molar-refractivity contribution in [2.75, 3.05) is 11.8 Å². The molecule has 8 heteroatoms. The molecule has 0 aliphatic rings. The summed E-state index contributed by atoms with van der Waals surface area (Å²) in [5.41, 5.74) is -0.320. The largest absolute Gasteiger partial charge is 0.497 e. The van der Waals surface area contributed by atoms with Crippen LogP contribution in [0, 0.1) is 0 Å². The van der Waals surface area contributed by atoms with E-state index in [4.69, 9.17) is 9.15 Å². The van der Waals surface area contributed by atoms with Gasteiger partial charge in [0.1, 0.15) is 5.75 Å². The van der Waals surface area contributed by atoms with Gasteiger partial charge < -0.3 is 9.15 Å². The van der Waals surface area contributed by atoms with Crippen molar-refractivity contribution in [2.24, 2.45) is 0 Å². The highest BCUT2D eigenvalue weighted by atomic mass is 32.2. The number of nitrogens with one attached hydrogen (secondary N) is 1. The lowest BCUT2D eigenvalue weighted by Gasteiger charge is -2.07. The van der Waals surface area contributed by atoms with Crippen molar-refractivity contribution in [3.8, 4) is 5.75 Å². The number of hydrogen-bond acceptors (Lipinski definition) is 6. The van der Waals surface area contributed by atoms with Gasteiger partial charge in [-0.1, -0.05) is 12.1 Å². The molecule has 0 unspecified atom stereocenters. The minimum atomic E-state index is -3.92. The van der Waals surface area contributed by atoms with Crippen molar-refractivity contribution in [1.29, 1.82) is 0 Å². The Bertz CT molecular complexity index is 1010. The first-order valence-corrected chi connectivity index (χ1v) is 8.05. The summed E-state index contributed by atoms with van der Waals surface area (Å²) in [7, 11) is -2.44. The number of anilines is 1. The van der Waals surface area contributed by atoms with Gasteiger partial charge in [-0.15, -0.1) is 0 Å². The number of methoxy groups -OCH3 is 1. The zero-order valence-corrected chi connectivity index (χ0v) is 12.8. The summed E-state index contributed by atoms with van der Waals surface area (Å²) in [6.45, 7) is 0. The summed E-state index contributed by atoms with van der Waals surface area (Å²) in [5.74, 6) is 0.527. The van der Waals surface area contributed by atoms with E-state index in [2.05, 4.69) is 9.71 Å². The van der Waals surface area contributed by atoms with Gasteiger partial charge in [0.15, 0.2) is 0 Å². The van der Waals surface area contributed by atoms with Crippen molar-refractivity contribution in [1.82, 2.24) is 4.98 Å². The molecule has 7 nitrogen and oxygen atoms in total. The summed E-state index contributed by atoms with van der Waals surface area (Å²) in [6.07, 6.45) is 0. The Morgan fingerprint density at radius 2 is 1.78 bits per heavy atom. The SMILES string of the molecule is COc1ccc(S(=O)(=O)Nc2nc3ccccc3c(=O)o2)cc1. The Balaban J connectivity index is 1.98. The van der Waals surface area contributed by atoms with Crippen LogP contribution in [-0.2, 0) is 10.0 Å². The van der Waals surface area contributed by atoms with Crippen molar-refractivity contribution in [3.63, 3.8) is 0 Å². The fourth-order valence-electron chi connectivity index (χ4n) is 1.99. The van der Waals surface area contributed by atoms with Crippen LogP contribution in [0.1, 0.15) is 0 Å². The highest BCUT2D eigenvalue weighted by Crippen LogP contribution is 2.18. The van der Waals surface area contributed by atoms with E-state index >= 15 is 0 Å². The predicted molar refractivity (Wildman–Crippen MR) is 84.1 cm³/mol. The molecule has 2 aromatic carbocycles. The molecular formula is C15H12N2O5S. The summed E-state index contributed by atoms with van der Waals surface area (Å²) >= 11 is 0. The lowest BCUT2D eigenvalue weighted by atomic mass is 10.2. The topological polar surface area (TPSA) is 98.5 Å². The quantitative estimate of drug-likeness (QED) is 0.784. The first kappa shape index (κ1) is 15.0. The first-order valence-electron chi connectivity index (χ1n) is 6.56. The van der Waals surface area contributed by atoms with Gasteiger partial charge in [0.2, 0.25) is 0 Å². The van der Waals surface area contributed by atoms with E-state index in [1.54, 1.807) is 24.3 Å². The van der Waals surface area contributed by atoms with Gasteiger partial charge in [0.05, 0.1) is 22.9 Å². The second-order valence-electron chi connectivity index (χ2n) is 4.60. The average Bonchev–Trinajstić information content (AvgIpc) is 2.54. The smallest absolute Gasteiger partial charge is 0.348 e.